The Kier molecular flexibility index (Phi) is 6.87. The number of β-amino-alcohol motifs (C(OH)–C–C–N with tert-alkyl or cyclic N) is 2. The van der Waals surface area contributed by atoms with Crippen LogP contribution < -0.4 is 15.4 Å². The monoisotopic (exact) mass is 444 g/mol. The molecule has 5 N–H and O–H groups in total. The molecule has 14 heteroatoms. The van der Waals surface area contributed by atoms with Crippen molar-refractivity contribution < 1.29 is 34.0 Å². The van der Waals surface area contributed by atoms with Crippen LogP contribution in [0.2, 0.25) is 5.02 Å². The van der Waals surface area contributed by atoms with Gasteiger partial charge in [0, 0.05) is 5.69 Å². The van der Waals surface area contributed by atoms with Crippen LogP contribution in [0.15, 0.2) is 28.0 Å². The molecule has 1 fully saturated rings. The van der Waals surface area contributed by atoms with Crippen LogP contribution in [0.3, 0.4) is 0 Å². The predicted octanol–water partition coefficient (Wildman–Crippen LogP) is 0.236. The number of carbonyl (C=O) groups is 1. The Hall–Kier alpha value is -3.16. The molecule has 2 atom stereocenters. The van der Waals surface area contributed by atoms with Crippen LogP contribution in [0.5, 0.6) is 5.88 Å². The van der Waals surface area contributed by atoms with E-state index < -0.39 is 24.1 Å². The van der Waals surface area contributed by atoms with Gasteiger partial charge in [-0.05, 0) is 28.5 Å². The topological polar surface area (TPSA) is 166 Å². The number of benzene rings is 1. The first kappa shape index (κ1) is 21.5. The highest BCUT2D eigenvalue weighted by Crippen LogP contribution is 2.21. The van der Waals surface area contributed by atoms with E-state index in [1.54, 1.807) is 0 Å². The van der Waals surface area contributed by atoms with Crippen LogP contribution in [0, 0.1) is 5.82 Å². The number of oxime groups is 1. The molecule has 1 aromatic heterocycles. The summed E-state index contributed by atoms with van der Waals surface area (Å²) in [5, 5.41) is 43.5. The van der Waals surface area contributed by atoms with Gasteiger partial charge in [0.15, 0.2) is 0 Å². The largest absolute Gasteiger partial charge is 0.472 e. The third-order valence-electron chi connectivity index (χ3n) is 4.13. The molecule has 2 heterocycles. The van der Waals surface area contributed by atoms with E-state index >= 15 is 0 Å². The van der Waals surface area contributed by atoms with E-state index in [1.165, 1.54) is 17.0 Å². The summed E-state index contributed by atoms with van der Waals surface area (Å²) in [6, 6.07) is 3.29. The molecule has 1 aromatic carbocycles. The molecule has 0 bridgehead atoms. The lowest BCUT2D eigenvalue weighted by Gasteiger charge is -2.16. The zero-order valence-corrected chi connectivity index (χ0v) is 16.1. The van der Waals surface area contributed by atoms with Crippen molar-refractivity contribution in [3.8, 4) is 5.88 Å². The highest BCUT2D eigenvalue weighted by molar-refractivity contribution is 6.31. The van der Waals surface area contributed by atoms with Crippen molar-refractivity contribution in [2.24, 2.45) is 5.16 Å². The Bertz CT molecular complexity index is 917. The first-order valence-electron chi connectivity index (χ1n) is 8.67. The Balaban J connectivity index is 1.53. The summed E-state index contributed by atoms with van der Waals surface area (Å²) in [6.45, 7) is 0.0919. The third kappa shape index (κ3) is 5.06. The quantitative estimate of drug-likeness (QED) is 0.138. The summed E-state index contributed by atoms with van der Waals surface area (Å²) in [4.78, 5) is 13.2. The summed E-state index contributed by atoms with van der Waals surface area (Å²) in [5.41, 5.74) is 0.237. The number of amidine groups is 1. The molecule has 1 aliphatic heterocycles. The van der Waals surface area contributed by atoms with E-state index in [2.05, 4.69) is 30.7 Å². The number of aromatic nitrogens is 2. The van der Waals surface area contributed by atoms with Crippen LogP contribution in [-0.4, -0.2) is 80.9 Å². The van der Waals surface area contributed by atoms with Gasteiger partial charge in [-0.1, -0.05) is 16.8 Å². The number of aliphatic hydroxyl groups excluding tert-OH is 2. The van der Waals surface area contributed by atoms with Gasteiger partial charge in [0.2, 0.25) is 11.5 Å². The van der Waals surface area contributed by atoms with Crippen molar-refractivity contribution in [2.45, 2.75) is 12.2 Å². The van der Waals surface area contributed by atoms with Crippen LogP contribution in [0.1, 0.15) is 5.69 Å². The van der Waals surface area contributed by atoms with Crippen LogP contribution in [0.4, 0.5) is 14.9 Å². The van der Waals surface area contributed by atoms with Gasteiger partial charge in [0.1, 0.15) is 12.4 Å². The standard InChI is InChI=1S/C16H18ClFN6O6/c17-9-5-8(1-2-10(9)18)20-14(21-28)13-15(23-30-22-13)29-4-3-19-16(27)24-6-11(25)12(26)7-24/h1-2,5,11-12,25-26,28H,3-4,6-7H2,(H,19,27)(H,20,21)/t11-,12+. The first-order chi connectivity index (χ1) is 14.4. The van der Waals surface area contributed by atoms with E-state index in [0.717, 1.165) is 6.07 Å². The molecule has 0 saturated carbocycles. The lowest BCUT2D eigenvalue weighted by molar-refractivity contribution is 0.0572. The van der Waals surface area contributed by atoms with Crippen molar-refractivity contribution in [3.63, 3.8) is 0 Å². The smallest absolute Gasteiger partial charge is 0.317 e. The molecule has 1 aliphatic rings. The molecular weight excluding hydrogens is 427 g/mol. The minimum absolute atomic E-state index is 0.0284. The van der Waals surface area contributed by atoms with Gasteiger partial charge in [-0.2, -0.15) is 0 Å². The molecule has 3 rings (SSSR count). The number of hydrogen-bond donors (Lipinski definition) is 5. The van der Waals surface area contributed by atoms with Gasteiger partial charge in [0.25, 0.3) is 5.88 Å². The number of likely N-dealkylation sites (tertiary alicyclic amines) is 1. The van der Waals surface area contributed by atoms with Gasteiger partial charge in [-0.3, -0.25) is 0 Å². The zero-order chi connectivity index (χ0) is 21.7. The van der Waals surface area contributed by atoms with Crippen LogP contribution in [-0.2, 0) is 0 Å². The normalized spacial score (nSPS) is 19.1. The maximum absolute atomic E-state index is 13.3. The number of amides is 2. The lowest BCUT2D eigenvalue weighted by atomic mass is 10.3. The fraction of sp³-hybridized carbons (Fsp3) is 0.375. The number of nitrogens with zero attached hydrogens (tertiary/aromatic N) is 4. The summed E-state index contributed by atoms with van der Waals surface area (Å²) < 4.78 is 23.2. The van der Waals surface area contributed by atoms with E-state index in [9.17, 15) is 24.6 Å². The second-order valence-electron chi connectivity index (χ2n) is 6.24. The van der Waals surface area contributed by atoms with Gasteiger partial charge in [-0.15, -0.1) is 0 Å². The average molecular weight is 445 g/mol. The number of carbonyl (C=O) groups excluding carboxylic acids is 1. The number of nitrogens with one attached hydrogen (secondary N) is 2. The molecule has 2 aromatic rings. The fourth-order valence-electron chi connectivity index (χ4n) is 2.61. The van der Waals surface area contributed by atoms with Crippen molar-refractivity contribution in [3.05, 3.63) is 34.7 Å². The van der Waals surface area contributed by atoms with Crippen LogP contribution >= 0.6 is 11.6 Å². The fourth-order valence-corrected chi connectivity index (χ4v) is 2.80. The Morgan fingerprint density at radius 3 is 2.77 bits per heavy atom. The van der Waals surface area contributed by atoms with Crippen molar-refractivity contribution in [1.82, 2.24) is 20.5 Å². The van der Waals surface area contributed by atoms with Gasteiger partial charge >= 0.3 is 6.03 Å². The second-order valence-corrected chi connectivity index (χ2v) is 6.65. The third-order valence-corrected chi connectivity index (χ3v) is 4.42. The highest BCUT2D eigenvalue weighted by Gasteiger charge is 2.32. The minimum atomic E-state index is -0.976. The summed E-state index contributed by atoms with van der Waals surface area (Å²) in [6.07, 6.45) is -1.95. The molecule has 0 aliphatic carbocycles. The number of rotatable bonds is 6. The number of urea groups is 1. The second kappa shape index (κ2) is 9.56. The number of ether oxygens (including phenoxy) is 1. The predicted molar refractivity (Wildman–Crippen MR) is 100 cm³/mol. The molecule has 2 amide bonds. The van der Waals surface area contributed by atoms with Crippen LogP contribution in [0.25, 0.3) is 0 Å². The number of aliphatic hydroxyl groups is 2. The molecule has 0 unspecified atom stereocenters. The van der Waals surface area contributed by atoms with E-state index in [1.807, 2.05) is 0 Å². The maximum atomic E-state index is 13.3. The maximum Gasteiger partial charge on any atom is 0.317 e. The summed E-state index contributed by atoms with van der Waals surface area (Å²) in [5.74, 6) is -0.931. The number of anilines is 1. The van der Waals surface area contributed by atoms with Crippen molar-refractivity contribution >= 4 is 29.2 Å². The van der Waals surface area contributed by atoms with E-state index in [4.69, 9.17) is 16.3 Å². The van der Waals surface area contributed by atoms with Gasteiger partial charge in [0.05, 0.1) is 36.9 Å². The molecule has 0 spiro atoms. The van der Waals surface area contributed by atoms with E-state index in [0.29, 0.717) is 5.69 Å². The summed E-state index contributed by atoms with van der Waals surface area (Å²) >= 11 is 5.72. The lowest BCUT2D eigenvalue weighted by Crippen LogP contribution is -2.40. The van der Waals surface area contributed by atoms with Gasteiger partial charge in [-0.25, -0.2) is 13.8 Å². The Morgan fingerprint density at radius 2 is 2.10 bits per heavy atom. The van der Waals surface area contributed by atoms with E-state index in [-0.39, 0.29) is 48.7 Å². The zero-order valence-electron chi connectivity index (χ0n) is 15.3. The Morgan fingerprint density at radius 1 is 1.37 bits per heavy atom. The molecule has 0 radical (unpaired) electrons. The SMILES string of the molecule is O=C(NCCOc1nonc1/C(=N\O)Nc1ccc(F)c(Cl)c1)N1C[C@@H](O)[C@@H](O)C1. The average Bonchev–Trinajstić information content (AvgIpc) is 3.32. The summed E-state index contributed by atoms with van der Waals surface area (Å²) in [7, 11) is 0. The number of hydrogen-bond acceptors (Lipinski definition) is 9. The van der Waals surface area contributed by atoms with Crippen molar-refractivity contribution in [1.29, 1.82) is 0 Å². The molecule has 1 saturated heterocycles. The molecular formula is C16H18ClFN6O6. The molecule has 12 nitrogen and oxygen atoms in total. The minimum Gasteiger partial charge on any atom is -0.472 e. The molecule has 162 valence electrons. The molecule has 30 heavy (non-hydrogen) atoms. The number of halogens is 2. The first-order valence-corrected chi connectivity index (χ1v) is 9.05. The van der Waals surface area contributed by atoms with Crippen molar-refractivity contribution in [2.75, 3.05) is 31.6 Å². The van der Waals surface area contributed by atoms with Gasteiger partial charge < -0.3 is 35.7 Å². The highest BCUT2D eigenvalue weighted by atomic mass is 35.5. The Labute approximate surface area is 173 Å².